The zero-order valence-corrected chi connectivity index (χ0v) is 16.1. The van der Waals surface area contributed by atoms with Crippen molar-refractivity contribution in [3.05, 3.63) is 65.2 Å². The number of anilines is 1. The van der Waals surface area contributed by atoms with Gasteiger partial charge in [-0.1, -0.05) is 35.9 Å². The van der Waals surface area contributed by atoms with E-state index in [1.807, 2.05) is 19.1 Å². The van der Waals surface area contributed by atoms with E-state index in [1.54, 1.807) is 38.1 Å². The van der Waals surface area contributed by atoms with Crippen molar-refractivity contribution in [1.82, 2.24) is 4.98 Å². The first-order chi connectivity index (χ1) is 12.8. The van der Waals surface area contributed by atoms with Crippen molar-refractivity contribution in [3.8, 4) is 0 Å². The van der Waals surface area contributed by atoms with Crippen LogP contribution in [0.15, 0.2) is 53.4 Å². The molecule has 27 heavy (non-hydrogen) atoms. The molecule has 0 radical (unpaired) electrons. The summed E-state index contributed by atoms with van der Waals surface area (Å²) in [7, 11) is -3.91. The van der Waals surface area contributed by atoms with Crippen LogP contribution in [-0.2, 0) is 14.8 Å². The van der Waals surface area contributed by atoms with Gasteiger partial charge in [0.25, 0.3) is 10.0 Å². The molecule has 7 heteroatoms. The molecule has 140 valence electrons. The van der Waals surface area contributed by atoms with Crippen molar-refractivity contribution in [2.24, 2.45) is 0 Å². The molecule has 0 aliphatic rings. The van der Waals surface area contributed by atoms with E-state index in [0.29, 0.717) is 11.1 Å². The van der Waals surface area contributed by atoms with Gasteiger partial charge in [0.2, 0.25) is 0 Å². The van der Waals surface area contributed by atoms with Crippen LogP contribution in [0.5, 0.6) is 0 Å². The number of carbonyl (C=O) groups is 1. The van der Waals surface area contributed by atoms with Gasteiger partial charge in [0.15, 0.2) is 5.82 Å². The third kappa shape index (κ3) is 3.78. The summed E-state index contributed by atoms with van der Waals surface area (Å²) in [5, 5.41) is 0.763. The zero-order chi connectivity index (χ0) is 19.6. The number of para-hydroxylation sites is 1. The number of esters is 1. The van der Waals surface area contributed by atoms with Crippen LogP contribution in [0.3, 0.4) is 0 Å². The first-order valence-electron chi connectivity index (χ1n) is 8.49. The van der Waals surface area contributed by atoms with Crippen molar-refractivity contribution in [2.45, 2.75) is 25.7 Å². The molecule has 0 aliphatic carbocycles. The minimum Gasteiger partial charge on any atom is -0.462 e. The summed E-state index contributed by atoms with van der Waals surface area (Å²) in [6, 6.07) is 13.7. The first-order valence-corrected chi connectivity index (χ1v) is 9.97. The van der Waals surface area contributed by atoms with E-state index in [1.165, 1.54) is 12.1 Å². The fourth-order valence-electron chi connectivity index (χ4n) is 2.81. The molecule has 1 aromatic heterocycles. The van der Waals surface area contributed by atoms with Crippen molar-refractivity contribution in [2.75, 3.05) is 11.3 Å². The number of carbonyl (C=O) groups excluding carboxylic acids is 1. The maximum atomic E-state index is 12.8. The van der Waals surface area contributed by atoms with Gasteiger partial charge in [-0.05, 0) is 44.5 Å². The maximum absolute atomic E-state index is 12.8. The summed E-state index contributed by atoms with van der Waals surface area (Å²) < 4.78 is 33.2. The monoisotopic (exact) mass is 384 g/mol. The second kappa shape index (κ2) is 7.36. The molecule has 0 unspecified atom stereocenters. The van der Waals surface area contributed by atoms with Gasteiger partial charge < -0.3 is 4.74 Å². The minimum absolute atomic E-state index is 0.0368. The Labute approximate surface area is 158 Å². The molecule has 3 rings (SSSR count). The van der Waals surface area contributed by atoms with E-state index >= 15 is 0 Å². The Morgan fingerprint density at radius 2 is 1.74 bits per heavy atom. The quantitative estimate of drug-likeness (QED) is 0.676. The number of ether oxygens (including phenoxy) is 1. The van der Waals surface area contributed by atoms with Gasteiger partial charge in [-0.3, -0.25) is 4.72 Å². The smallest absolute Gasteiger partial charge is 0.342 e. The summed E-state index contributed by atoms with van der Waals surface area (Å²) >= 11 is 0. The van der Waals surface area contributed by atoms with Crippen molar-refractivity contribution in [1.29, 1.82) is 0 Å². The SMILES string of the molecule is CCOC(=O)c1c(NS(=O)(=O)c2ccc(C)cc2)nc2ccccc2c1C. The van der Waals surface area contributed by atoms with Crippen LogP contribution < -0.4 is 4.72 Å². The van der Waals surface area contributed by atoms with Crippen molar-refractivity contribution in [3.63, 3.8) is 0 Å². The van der Waals surface area contributed by atoms with Gasteiger partial charge in [0.1, 0.15) is 5.56 Å². The number of aryl methyl sites for hydroxylation is 2. The predicted octanol–water partition coefficient (Wildman–Crippen LogP) is 3.83. The lowest BCUT2D eigenvalue weighted by Crippen LogP contribution is -2.19. The fourth-order valence-corrected chi connectivity index (χ4v) is 3.82. The van der Waals surface area contributed by atoms with Crippen LogP contribution >= 0.6 is 0 Å². The highest BCUT2D eigenvalue weighted by atomic mass is 32.2. The summed E-state index contributed by atoms with van der Waals surface area (Å²) in [5.74, 6) is -0.653. The molecule has 0 spiro atoms. The number of rotatable bonds is 5. The average molecular weight is 384 g/mol. The average Bonchev–Trinajstić information content (AvgIpc) is 2.62. The molecular weight excluding hydrogens is 364 g/mol. The second-order valence-corrected chi connectivity index (χ2v) is 7.80. The highest BCUT2D eigenvalue weighted by Gasteiger charge is 2.24. The highest BCUT2D eigenvalue weighted by molar-refractivity contribution is 7.92. The number of benzene rings is 2. The third-order valence-corrected chi connectivity index (χ3v) is 5.55. The van der Waals surface area contributed by atoms with E-state index < -0.39 is 16.0 Å². The molecule has 0 atom stereocenters. The van der Waals surface area contributed by atoms with E-state index in [0.717, 1.165) is 10.9 Å². The number of nitrogens with zero attached hydrogens (tertiary/aromatic N) is 1. The normalized spacial score (nSPS) is 11.4. The summed E-state index contributed by atoms with van der Waals surface area (Å²) in [5.41, 5.74) is 2.26. The van der Waals surface area contributed by atoms with Gasteiger partial charge in [0, 0.05) is 5.39 Å². The number of pyridine rings is 1. The molecule has 3 aromatic rings. The van der Waals surface area contributed by atoms with Crippen LogP contribution in [-0.4, -0.2) is 26.0 Å². The Kier molecular flexibility index (Phi) is 5.14. The van der Waals surface area contributed by atoms with Crippen molar-refractivity contribution >= 4 is 32.7 Å². The molecule has 2 aromatic carbocycles. The Hall–Kier alpha value is -2.93. The van der Waals surface area contributed by atoms with Crippen LogP contribution in [0.1, 0.15) is 28.4 Å². The van der Waals surface area contributed by atoms with Gasteiger partial charge in [-0.25, -0.2) is 18.2 Å². The van der Waals surface area contributed by atoms with Gasteiger partial charge >= 0.3 is 5.97 Å². The van der Waals surface area contributed by atoms with Crippen LogP contribution in [0.25, 0.3) is 10.9 Å². The Bertz CT molecular complexity index is 1110. The highest BCUT2D eigenvalue weighted by Crippen LogP contribution is 2.28. The molecule has 0 amide bonds. The van der Waals surface area contributed by atoms with Crippen LogP contribution in [0.2, 0.25) is 0 Å². The van der Waals surface area contributed by atoms with Crippen LogP contribution in [0.4, 0.5) is 5.82 Å². The molecule has 1 heterocycles. The number of sulfonamides is 1. The Balaban J connectivity index is 2.16. The lowest BCUT2D eigenvalue weighted by atomic mass is 10.0. The molecular formula is C20H20N2O4S. The van der Waals surface area contributed by atoms with E-state index in [2.05, 4.69) is 9.71 Å². The molecule has 0 fully saturated rings. The molecule has 1 N–H and O–H groups in total. The summed E-state index contributed by atoms with van der Waals surface area (Å²) in [6.45, 7) is 5.49. The van der Waals surface area contributed by atoms with E-state index in [9.17, 15) is 13.2 Å². The minimum atomic E-state index is -3.91. The number of hydrogen-bond donors (Lipinski definition) is 1. The Morgan fingerprint density at radius 1 is 1.07 bits per heavy atom. The van der Waals surface area contributed by atoms with E-state index in [-0.39, 0.29) is 22.9 Å². The molecule has 6 nitrogen and oxygen atoms in total. The van der Waals surface area contributed by atoms with Crippen LogP contribution in [0, 0.1) is 13.8 Å². The van der Waals surface area contributed by atoms with E-state index in [4.69, 9.17) is 4.74 Å². The maximum Gasteiger partial charge on any atom is 0.342 e. The van der Waals surface area contributed by atoms with Crippen molar-refractivity contribution < 1.29 is 17.9 Å². The standard InChI is InChI=1S/C20H20N2O4S/c1-4-26-20(23)18-14(3)16-7-5-6-8-17(16)21-19(18)22-27(24,25)15-11-9-13(2)10-12-15/h5-12H,4H2,1-3H3,(H,21,22). The number of hydrogen-bond acceptors (Lipinski definition) is 5. The van der Waals surface area contributed by atoms with Gasteiger partial charge in [-0.2, -0.15) is 0 Å². The largest absolute Gasteiger partial charge is 0.462 e. The number of fused-ring (bicyclic) bond motifs is 1. The lowest BCUT2D eigenvalue weighted by molar-refractivity contribution is 0.0526. The first kappa shape index (κ1) is 18.8. The summed E-state index contributed by atoms with van der Waals surface area (Å²) in [6.07, 6.45) is 0. The molecule has 0 saturated carbocycles. The molecule has 0 aliphatic heterocycles. The Morgan fingerprint density at radius 3 is 2.41 bits per heavy atom. The molecule has 0 saturated heterocycles. The molecule has 0 bridgehead atoms. The number of aromatic nitrogens is 1. The van der Waals surface area contributed by atoms with Gasteiger partial charge in [-0.15, -0.1) is 0 Å². The number of nitrogens with one attached hydrogen (secondary N) is 1. The lowest BCUT2D eigenvalue weighted by Gasteiger charge is -2.15. The third-order valence-electron chi connectivity index (χ3n) is 4.19. The topological polar surface area (TPSA) is 85.4 Å². The fraction of sp³-hybridized carbons (Fsp3) is 0.200. The van der Waals surface area contributed by atoms with Gasteiger partial charge in [0.05, 0.1) is 17.0 Å². The summed E-state index contributed by atoms with van der Waals surface area (Å²) in [4.78, 5) is 17.0. The second-order valence-electron chi connectivity index (χ2n) is 6.12. The predicted molar refractivity (Wildman–Crippen MR) is 104 cm³/mol. The zero-order valence-electron chi connectivity index (χ0n) is 15.3.